The molecule has 0 aliphatic carbocycles. The Bertz CT molecular complexity index is 1250. The lowest BCUT2D eigenvalue weighted by atomic mass is 10.1. The molecule has 0 amide bonds. The number of aromatic amines is 1. The third-order valence-corrected chi connectivity index (χ3v) is 7.65. The van der Waals surface area contributed by atoms with Gasteiger partial charge in [-0.25, -0.2) is 4.98 Å². The molecule has 2 N–H and O–H groups in total. The molecule has 0 saturated carbocycles. The number of nitrogens with one attached hydrogen (secondary N) is 1. The lowest BCUT2D eigenvalue weighted by Crippen LogP contribution is -2.60. The van der Waals surface area contributed by atoms with Crippen LogP contribution in [0.3, 0.4) is 0 Å². The van der Waals surface area contributed by atoms with Gasteiger partial charge in [0.2, 0.25) is 0 Å². The molecule has 1 aliphatic heterocycles. The third kappa shape index (κ3) is 5.55. The van der Waals surface area contributed by atoms with Crippen LogP contribution in [0.1, 0.15) is 29.5 Å². The van der Waals surface area contributed by atoms with Crippen molar-refractivity contribution in [2.75, 3.05) is 32.7 Å². The quantitative estimate of drug-likeness (QED) is 0.292. The molecule has 0 radical (unpaired) electrons. The fourth-order valence-corrected chi connectivity index (χ4v) is 5.41. The maximum Gasteiger partial charge on any atom is 0.137 e. The number of rotatable bonds is 8. The van der Waals surface area contributed by atoms with Crippen molar-refractivity contribution in [1.29, 1.82) is 0 Å². The fraction of sp³-hybridized carbons (Fsp3) is 0.300. The van der Waals surface area contributed by atoms with Gasteiger partial charge in [0.1, 0.15) is 18.1 Å². The standard InChI is InChI=1S/C30H34ClN4O/c1-23-29(33-30(32-23)25-10-6-3-7-11-25)28(36)16-17-34-18-20-35(21-19-34,22-24-8-4-2-5-9-24)27-14-12-26(31)13-15-27/h2-15,28,36H,16-22H2,1H3,(H,32,33)/q+1. The largest absolute Gasteiger partial charge is 0.387 e. The molecule has 1 aromatic heterocycles. The SMILES string of the molecule is Cc1[nH]c(-c2ccccc2)nc1C(O)CCN1CC[N+](Cc2ccccc2)(c2ccc(Cl)cc2)CC1. The monoisotopic (exact) mass is 501 g/mol. The van der Waals surface area contributed by atoms with Gasteiger partial charge < -0.3 is 10.1 Å². The van der Waals surface area contributed by atoms with Crippen LogP contribution in [0.25, 0.3) is 11.4 Å². The summed E-state index contributed by atoms with van der Waals surface area (Å²) in [5.74, 6) is 0.811. The van der Waals surface area contributed by atoms with Crippen LogP contribution >= 0.6 is 11.6 Å². The number of hydrogen-bond donors (Lipinski definition) is 2. The minimum absolute atomic E-state index is 0.583. The van der Waals surface area contributed by atoms with Gasteiger partial charge in [-0.15, -0.1) is 0 Å². The van der Waals surface area contributed by atoms with Gasteiger partial charge >= 0.3 is 0 Å². The van der Waals surface area contributed by atoms with E-state index in [0.29, 0.717) is 6.42 Å². The van der Waals surface area contributed by atoms with Crippen LogP contribution in [-0.2, 0) is 6.54 Å². The number of imidazole rings is 1. The van der Waals surface area contributed by atoms with Gasteiger partial charge in [0.25, 0.3) is 0 Å². The Morgan fingerprint density at radius 1 is 0.944 bits per heavy atom. The van der Waals surface area contributed by atoms with Crippen molar-refractivity contribution in [3.63, 3.8) is 0 Å². The topological polar surface area (TPSA) is 52.1 Å². The van der Waals surface area contributed by atoms with E-state index in [4.69, 9.17) is 16.6 Å². The van der Waals surface area contributed by atoms with E-state index < -0.39 is 6.10 Å². The lowest BCUT2D eigenvalue weighted by Gasteiger charge is -2.44. The van der Waals surface area contributed by atoms with Gasteiger partial charge in [0, 0.05) is 53.6 Å². The number of quaternary nitrogens is 1. The molecule has 0 bridgehead atoms. The summed E-state index contributed by atoms with van der Waals surface area (Å²) < 4.78 is 0.916. The van der Waals surface area contributed by atoms with Gasteiger partial charge in [-0.2, -0.15) is 0 Å². The van der Waals surface area contributed by atoms with Crippen LogP contribution in [0.2, 0.25) is 5.02 Å². The summed E-state index contributed by atoms with van der Waals surface area (Å²) in [7, 11) is 0. The van der Waals surface area contributed by atoms with Crippen molar-refractivity contribution in [2.45, 2.75) is 26.0 Å². The molecule has 4 aromatic rings. The highest BCUT2D eigenvalue weighted by Gasteiger charge is 2.35. The average molecular weight is 502 g/mol. The first kappa shape index (κ1) is 24.7. The van der Waals surface area contributed by atoms with E-state index in [1.165, 1.54) is 11.3 Å². The highest BCUT2D eigenvalue weighted by Crippen LogP contribution is 2.30. The van der Waals surface area contributed by atoms with E-state index in [1.54, 1.807) is 0 Å². The van der Waals surface area contributed by atoms with Gasteiger partial charge in [0.05, 0.1) is 24.9 Å². The molecule has 0 spiro atoms. The molecule has 5 nitrogen and oxygen atoms in total. The predicted molar refractivity (Wildman–Crippen MR) is 148 cm³/mol. The molecule has 1 saturated heterocycles. The van der Waals surface area contributed by atoms with Crippen LogP contribution in [0.15, 0.2) is 84.9 Å². The molecule has 186 valence electrons. The van der Waals surface area contributed by atoms with Crippen molar-refractivity contribution in [3.8, 4) is 11.4 Å². The number of H-pyrrole nitrogens is 1. The van der Waals surface area contributed by atoms with E-state index in [9.17, 15) is 5.11 Å². The Balaban J connectivity index is 1.23. The smallest absolute Gasteiger partial charge is 0.137 e. The minimum atomic E-state index is -0.583. The number of nitrogens with zero attached hydrogens (tertiary/aromatic N) is 3. The molecular weight excluding hydrogens is 468 g/mol. The Morgan fingerprint density at radius 2 is 1.58 bits per heavy atom. The van der Waals surface area contributed by atoms with Crippen LogP contribution in [0.5, 0.6) is 0 Å². The highest BCUT2D eigenvalue weighted by molar-refractivity contribution is 6.30. The zero-order valence-electron chi connectivity index (χ0n) is 20.8. The van der Waals surface area contributed by atoms with E-state index in [2.05, 4.69) is 52.3 Å². The molecule has 3 aromatic carbocycles. The zero-order valence-corrected chi connectivity index (χ0v) is 21.5. The van der Waals surface area contributed by atoms with E-state index in [0.717, 1.165) is 71.5 Å². The highest BCUT2D eigenvalue weighted by atomic mass is 35.5. The summed E-state index contributed by atoms with van der Waals surface area (Å²) in [6.45, 7) is 7.81. The minimum Gasteiger partial charge on any atom is -0.387 e. The number of hydrogen-bond acceptors (Lipinski definition) is 3. The van der Waals surface area contributed by atoms with Crippen LogP contribution in [0.4, 0.5) is 5.69 Å². The molecule has 6 heteroatoms. The first-order chi connectivity index (χ1) is 17.5. The van der Waals surface area contributed by atoms with Crippen LogP contribution in [0, 0.1) is 6.92 Å². The molecule has 1 fully saturated rings. The fourth-order valence-electron chi connectivity index (χ4n) is 5.28. The van der Waals surface area contributed by atoms with Gasteiger partial charge in [-0.05, 0) is 25.5 Å². The Kier molecular flexibility index (Phi) is 7.54. The van der Waals surface area contributed by atoms with Crippen molar-refractivity contribution in [2.24, 2.45) is 0 Å². The van der Waals surface area contributed by atoms with Gasteiger partial charge in [0.15, 0.2) is 0 Å². The second-order valence-corrected chi connectivity index (χ2v) is 10.3. The lowest BCUT2D eigenvalue weighted by molar-refractivity contribution is 0.0995. The number of benzene rings is 3. The van der Waals surface area contributed by atoms with E-state index in [1.807, 2.05) is 49.4 Å². The van der Waals surface area contributed by atoms with Crippen LogP contribution < -0.4 is 4.48 Å². The Hall–Kier alpha value is -2.96. The van der Waals surface area contributed by atoms with Gasteiger partial charge in [-0.1, -0.05) is 72.3 Å². The number of aliphatic hydroxyl groups is 1. The average Bonchev–Trinajstić information content (AvgIpc) is 3.31. The first-order valence-electron chi connectivity index (χ1n) is 12.7. The number of halogens is 1. The molecule has 5 rings (SSSR count). The number of aryl methyl sites for hydroxylation is 1. The summed E-state index contributed by atoms with van der Waals surface area (Å²) in [5.41, 5.74) is 5.37. The molecule has 1 atom stereocenters. The normalized spacial score (nSPS) is 16.6. The molecule has 1 unspecified atom stereocenters. The predicted octanol–water partition coefficient (Wildman–Crippen LogP) is 5.99. The molecule has 36 heavy (non-hydrogen) atoms. The number of aromatic nitrogens is 2. The third-order valence-electron chi connectivity index (χ3n) is 7.39. The molecule has 1 aliphatic rings. The summed E-state index contributed by atoms with van der Waals surface area (Å²) in [6.07, 6.45) is 0.0833. The zero-order chi connectivity index (χ0) is 25.0. The van der Waals surface area contributed by atoms with Gasteiger partial charge in [-0.3, -0.25) is 9.38 Å². The second-order valence-electron chi connectivity index (χ2n) is 9.82. The Morgan fingerprint density at radius 3 is 2.25 bits per heavy atom. The summed E-state index contributed by atoms with van der Waals surface area (Å²) in [6, 6.07) is 29.1. The van der Waals surface area contributed by atoms with Crippen molar-refractivity contribution >= 4 is 17.3 Å². The number of aliphatic hydroxyl groups excluding tert-OH is 1. The summed E-state index contributed by atoms with van der Waals surface area (Å²) >= 11 is 6.20. The molecular formula is C30H34ClN4O+. The van der Waals surface area contributed by atoms with Crippen LogP contribution in [-0.4, -0.2) is 52.7 Å². The summed E-state index contributed by atoms with van der Waals surface area (Å²) in [4.78, 5) is 10.5. The number of piperazine rings is 1. The van der Waals surface area contributed by atoms with Crippen molar-refractivity contribution < 1.29 is 5.11 Å². The van der Waals surface area contributed by atoms with Crippen molar-refractivity contribution in [3.05, 3.63) is 107 Å². The molecule has 2 heterocycles. The maximum absolute atomic E-state index is 11.0. The van der Waals surface area contributed by atoms with Crippen molar-refractivity contribution in [1.82, 2.24) is 19.4 Å². The van der Waals surface area contributed by atoms with E-state index >= 15 is 0 Å². The second kappa shape index (κ2) is 11.0. The first-order valence-corrected chi connectivity index (χ1v) is 13.1. The Labute approximate surface area is 218 Å². The van der Waals surface area contributed by atoms with E-state index in [-0.39, 0.29) is 0 Å². The maximum atomic E-state index is 11.0. The summed E-state index contributed by atoms with van der Waals surface area (Å²) in [5, 5.41) is 11.7.